The van der Waals surface area contributed by atoms with Crippen molar-refractivity contribution in [1.29, 1.82) is 0 Å². The normalized spacial score (nSPS) is 15.8. The van der Waals surface area contributed by atoms with Crippen molar-refractivity contribution in [2.45, 2.75) is 13.0 Å². The largest absolute Gasteiger partial charge is 0.364 e. The number of hydrogen-bond donors (Lipinski definition) is 1. The summed E-state index contributed by atoms with van der Waals surface area (Å²) in [5.74, 6) is 1.04. The third-order valence-electron chi connectivity index (χ3n) is 3.85. The Bertz CT molecular complexity index is 674. The molecule has 0 aliphatic carbocycles. The summed E-state index contributed by atoms with van der Waals surface area (Å²) in [6, 6.07) is 3.04. The van der Waals surface area contributed by atoms with Crippen molar-refractivity contribution in [3.8, 4) is 0 Å². The first-order valence-electron chi connectivity index (χ1n) is 7.71. The summed E-state index contributed by atoms with van der Waals surface area (Å²) in [6.45, 7) is 4.10. The van der Waals surface area contributed by atoms with Gasteiger partial charge in [0, 0.05) is 38.4 Å². The molecule has 1 N–H and O–H groups in total. The third kappa shape index (κ3) is 4.10. The first-order chi connectivity index (χ1) is 11.6. The van der Waals surface area contributed by atoms with Gasteiger partial charge in [-0.25, -0.2) is 28.7 Å². The number of nitrogens with zero attached hydrogens (tertiary/aromatic N) is 6. The fourth-order valence-electron chi connectivity index (χ4n) is 2.41. The van der Waals surface area contributed by atoms with Crippen LogP contribution in [0, 0.1) is 0 Å². The number of hydrogen-bond acceptors (Lipinski definition) is 7. The van der Waals surface area contributed by atoms with Crippen molar-refractivity contribution in [1.82, 2.24) is 24.8 Å². The second-order valence-electron chi connectivity index (χ2n) is 5.62. The SMILES string of the molecule is CN1CCN(c2nccc(CNc3cc(C(F)F)ncn3)n2)CC1. The molecule has 1 aliphatic rings. The van der Waals surface area contributed by atoms with Crippen LogP contribution in [-0.4, -0.2) is 58.1 Å². The topological polar surface area (TPSA) is 70.1 Å². The fraction of sp³-hybridized carbons (Fsp3) is 0.467. The highest BCUT2D eigenvalue weighted by Crippen LogP contribution is 2.18. The van der Waals surface area contributed by atoms with Crippen LogP contribution in [0.4, 0.5) is 20.5 Å². The van der Waals surface area contributed by atoms with Gasteiger partial charge in [-0.05, 0) is 13.1 Å². The van der Waals surface area contributed by atoms with Crippen LogP contribution in [0.25, 0.3) is 0 Å². The number of halogens is 2. The number of rotatable bonds is 5. The standard InChI is InChI=1S/C15H19F2N7/c1-23-4-6-24(7-5-23)15-18-3-2-11(22-15)9-19-13-8-12(14(16)17)20-10-21-13/h2-3,8,10,14H,4-7,9H2,1H3,(H,19,20,21). The molecule has 0 atom stereocenters. The van der Waals surface area contributed by atoms with E-state index in [1.54, 1.807) is 12.3 Å². The van der Waals surface area contributed by atoms with E-state index in [4.69, 9.17) is 0 Å². The van der Waals surface area contributed by atoms with Crippen LogP contribution in [-0.2, 0) is 6.54 Å². The molecule has 24 heavy (non-hydrogen) atoms. The molecule has 9 heteroatoms. The minimum atomic E-state index is -2.61. The predicted molar refractivity (Wildman–Crippen MR) is 86.1 cm³/mol. The predicted octanol–water partition coefficient (Wildman–Crippen LogP) is 1.57. The van der Waals surface area contributed by atoms with E-state index >= 15 is 0 Å². The molecule has 1 fully saturated rings. The lowest BCUT2D eigenvalue weighted by atomic mass is 10.3. The summed E-state index contributed by atoms with van der Waals surface area (Å²) >= 11 is 0. The first kappa shape index (κ1) is 16.4. The number of piperazine rings is 1. The van der Waals surface area contributed by atoms with Gasteiger partial charge in [0.05, 0.1) is 12.2 Å². The van der Waals surface area contributed by atoms with E-state index in [0.29, 0.717) is 18.3 Å². The summed E-state index contributed by atoms with van der Waals surface area (Å²) in [4.78, 5) is 20.7. The van der Waals surface area contributed by atoms with Gasteiger partial charge in [0.1, 0.15) is 17.8 Å². The minimum absolute atomic E-state index is 0.298. The first-order valence-corrected chi connectivity index (χ1v) is 7.71. The molecule has 3 heterocycles. The van der Waals surface area contributed by atoms with Crippen LogP contribution >= 0.6 is 0 Å². The van der Waals surface area contributed by atoms with Gasteiger partial charge in [0.25, 0.3) is 6.43 Å². The Morgan fingerprint density at radius 2 is 1.96 bits per heavy atom. The van der Waals surface area contributed by atoms with Crippen LogP contribution < -0.4 is 10.2 Å². The summed E-state index contributed by atoms with van der Waals surface area (Å²) < 4.78 is 25.3. The Morgan fingerprint density at radius 3 is 2.71 bits per heavy atom. The molecule has 0 spiro atoms. The lowest BCUT2D eigenvalue weighted by Gasteiger charge is -2.32. The maximum atomic E-state index is 12.6. The average Bonchev–Trinajstić information content (AvgIpc) is 2.61. The number of nitrogens with one attached hydrogen (secondary N) is 1. The molecular formula is C15H19F2N7. The van der Waals surface area contributed by atoms with Crippen LogP contribution in [0.15, 0.2) is 24.7 Å². The lowest BCUT2D eigenvalue weighted by molar-refractivity contribution is 0.146. The fourth-order valence-corrected chi connectivity index (χ4v) is 2.41. The Balaban J connectivity index is 1.63. The second kappa shape index (κ2) is 7.43. The molecule has 0 saturated carbocycles. The molecule has 7 nitrogen and oxygen atoms in total. The number of aromatic nitrogens is 4. The Labute approximate surface area is 138 Å². The van der Waals surface area contributed by atoms with Gasteiger partial charge in [-0.15, -0.1) is 0 Å². The van der Waals surface area contributed by atoms with Crippen molar-refractivity contribution in [3.05, 3.63) is 36.0 Å². The van der Waals surface area contributed by atoms with Crippen molar-refractivity contribution in [2.75, 3.05) is 43.4 Å². The zero-order chi connectivity index (χ0) is 16.9. The molecule has 0 radical (unpaired) electrons. The molecule has 2 aromatic rings. The van der Waals surface area contributed by atoms with Crippen LogP contribution in [0.2, 0.25) is 0 Å². The highest BCUT2D eigenvalue weighted by atomic mass is 19.3. The molecule has 0 bridgehead atoms. The quantitative estimate of drug-likeness (QED) is 0.889. The Hall–Kier alpha value is -2.42. The van der Waals surface area contributed by atoms with E-state index in [9.17, 15) is 8.78 Å². The van der Waals surface area contributed by atoms with Gasteiger partial charge < -0.3 is 15.1 Å². The molecule has 0 aromatic carbocycles. The van der Waals surface area contributed by atoms with Gasteiger partial charge in [-0.3, -0.25) is 0 Å². The van der Waals surface area contributed by atoms with Crippen molar-refractivity contribution < 1.29 is 8.78 Å². The van der Waals surface area contributed by atoms with E-state index in [1.165, 1.54) is 6.07 Å². The maximum Gasteiger partial charge on any atom is 0.280 e. The van der Waals surface area contributed by atoms with E-state index in [2.05, 4.69) is 42.1 Å². The summed E-state index contributed by atoms with van der Waals surface area (Å²) in [7, 11) is 2.09. The Morgan fingerprint density at radius 1 is 1.17 bits per heavy atom. The zero-order valence-corrected chi connectivity index (χ0v) is 13.4. The minimum Gasteiger partial charge on any atom is -0.364 e. The van der Waals surface area contributed by atoms with Crippen molar-refractivity contribution >= 4 is 11.8 Å². The van der Waals surface area contributed by atoms with Gasteiger partial charge in [-0.2, -0.15) is 0 Å². The molecule has 0 amide bonds. The van der Waals surface area contributed by atoms with Crippen LogP contribution in [0.5, 0.6) is 0 Å². The molecule has 2 aromatic heterocycles. The number of likely N-dealkylation sites (N-methyl/N-ethyl adjacent to an activating group) is 1. The third-order valence-corrected chi connectivity index (χ3v) is 3.85. The molecule has 3 rings (SSSR count). The molecule has 1 saturated heterocycles. The van der Waals surface area contributed by atoms with Gasteiger partial charge in [0.15, 0.2) is 0 Å². The monoisotopic (exact) mass is 335 g/mol. The molecule has 0 unspecified atom stereocenters. The smallest absolute Gasteiger partial charge is 0.280 e. The molecule has 128 valence electrons. The summed E-state index contributed by atoms with van der Waals surface area (Å²) in [6.07, 6.45) is 0.221. The van der Waals surface area contributed by atoms with Crippen LogP contribution in [0.3, 0.4) is 0 Å². The Kier molecular flexibility index (Phi) is 5.09. The molecular weight excluding hydrogens is 316 g/mol. The van der Waals surface area contributed by atoms with Crippen molar-refractivity contribution in [3.63, 3.8) is 0 Å². The van der Waals surface area contributed by atoms with Crippen molar-refractivity contribution in [2.24, 2.45) is 0 Å². The summed E-state index contributed by atoms with van der Waals surface area (Å²) in [5, 5.41) is 2.99. The highest BCUT2D eigenvalue weighted by Gasteiger charge is 2.16. The van der Waals surface area contributed by atoms with Gasteiger partial charge >= 0.3 is 0 Å². The van der Waals surface area contributed by atoms with Gasteiger partial charge in [0.2, 0.25) is 5.95 Å². The van der Waals surface area contributed by atoms with E-state index in [0.717, 1.165) is 38.2 Å². The van der Waals surface area contributed by atoms with Crippen LogP contribution in [0.1, 0.15) is 17.8 Å². The van der Waals surface area contributed by atoms with E-state index in [-0.39, 0.29) is 5.69 Å². The average molecular weight is 335 g/mol. The molecule has 1 aliphatic heterocycles. The highest BCUT2D eigenvalue weighted by molar-refractivity contribution is 5.37. The van der Waals surface area contributed by atoms with E-state index in [1.807, 2.05) is 0 Å². The van der Waals surface area contributed by atoms with E-state index < -0.39 is 6.43 Å². The lowest BCUT2D eigenvalue weighted by Crippen LogP contribution is -2.45. The number of anilines is 2. The zero-order valence-electron chi connectivity index (χ0n) is 13.4. The van der Waals surface area contributed by atoms with Gasteiger partial charge in [-0.1, -0.05) is 0 Å². The maximum absolute atomic E-state index is 12.6. The second-order valence-corrected chi connectivity index (χ2v) is 5.62. The summed E-state index contributed by atoms with van der Waals surface area (Å²) in [5.41, 5.74) is 0.476. The number of alkyl halides is 2.